The van der Waals surface area contributed by atoms with E-state index < -0.39 is 5.60 Å². The van der Waals surface area contributed by atoms with Crippen molar-refractivity contribution in [3.63, 3.8) is 0 Å². The minimum atomic E-state index is -0.694. The standard InChI is InChI=1S/C17H21NO/c1-2-14-12-18-11-10-17(14,19)16-9-5-7-13-6-3-4-8-15(13)16/h3-9,14,18-19H,2,10-12H2,1H3. The zero-order valence-corrected chi connectivity index (χ0v) is 11.4. The van der Waals surface area contributed by atoms with Crippen molar-refractivity contribution in [3.8, 4) is 0 Å². The summed E-state index contributed by atoms with van der Waals surface area (Å²) in [5.74, 6) is 0.284. The average molecular weight is 255 g/mol. The van der Waals surface area contributed by atoms with Gasteiger partial charge in [-0.25, -0.2) is 0 Å². The van der Waals surface area contributed by atoms with Gasteiger partial charge in [0.1, 0.15) is 0 Å². The van der Waals surface area contributed by atoms with E-state index in [1.165, 1.54) is 10.8 Å². The van der Waals surface area contributed by atoms with Gasteiger partial charge in [0.15, 0.2) is 0 Å². The van der Waals surface area contributed by atoms with Crippen molar-refractivity contribution in [1.29, 1.82) is 0 Å². The SMILES string of the molecule is CCC1CNCCC1(O)c1cccc2ccccc12. The Bertz CT molecular complexity index is 575. The summed E-state index contributed by atoms with van der Waals surface area (Å²) in [6, 6.07) is 14.6. The van der Waals surface area contributed by atoms with Crippen molar-refractivity contribution in [2.45, 2.75) is 25.4 Å². The molecule has 0 spiro atoms. The first-order valence-electron chi connectivity index (χ1n) is 7.17. The van der Waals surface area contributed by atoms with Gasteiger partial charge >= 0.3 is 0 Å². The second-order valence-electron chi connectivity index (χ2n) is 5.51. The molecule has 0 amide bonds. The number of piperidine rings is 1. The lowest BCUT2D eigenvalue weighted by Gasteiger charge is -2.41. The van der Waals surface area contributed by atoms with Gasteiger partial charge in [-0.2, -0.15) is 0 Å². The molecule has 2 atom stereocenters. The molecule has 2 N–H and O–H groups in total. The van der Waals surface area contributed by atoms with Crippen molar-refractivity contribution < 1.29 is 5.11 Å². The van der Waals surface area contributed by atoms with E-state index in [0.29, 0.717) is 0 Å². The van der Waals surface area contributed by atoms with Gasteiger partial charge in [-0.05, 0) is 35.7 Å². The van der Waals surface area contributed by atoms with E-state index in [4.69, 9.17) is 0 Å². The fraction of sp³-hybridized carbons (Fsp3) is 0.412. The van der Waals surface area contributed by atoms with Crippen LogP contribution in [0.4, 0.5) is 0 Å². The molecule has 0 radical (unpaired) electrons. The zero-order chi connectivity index (χ0) is 13.3. The Hall–Kier alpha value is -1.38. The van der Waals surface area contributed by atoms with Crippen LogP contribution in [0.15, 0.2) is 42.5 Å². The second-order valence-corrected chi connectivity index (χ2v) is 5.51. The summed E-state index contributed by atoms with van der Waals surface area (Å²) < 4.78 is 0. The summed E-state index contributed by atoms with van der Waals surface area (Å²) in [5, 5.41) is 17.1. The van der Waals surface area contributed by atoms with Gasteiger partial charge in [0.25, 0.3) is 0 Å². The molecule has 1 saturated heterocycles. The van der Waals surface area contributed by atoms with Crippen molar-refractivity contribution in [2.75, 3.05) is 13.1 Å². The number of nitrogens with one attached hydrogen (secondary N) is 1. The van der Waals surface area contributed by atoms with Gasteiger partial charge in [0.05, 0.1) is 5.60 Å². The van der Waals surface area contributed by atoms with E-state index in [0.717, 1.165) is 31.5 Å². The molecule has 1 aliphatic rings. The highest BCUT2D eigenvalue weighted by Gasteiger charge is 2.40. The molecule has 2 aromatic rings. The molecule has 0 aliphatic carbocycles. The predicted octanol–water partition coefficient (Wildman–Crippen LogP) is 3.05. The average Bonchev–Trinajstić information content (AvgIpc) is 2.47. The molecule has 1 fully saturated rings. The summed E-state index contributed by atoms with van der Waals surface area (Å²) in [6.07, 6.45) is 1.78. The van der Waals surface area contributed by atoms with Gasteiger partial charge < -0.3 is 10.4 Å². The first kappa shape index (κ1) is 12.6. The molecule has 1 aliphatic heterocycles. The molecular weight excluding hydrogens is 234 g/mol. The molecule has 1 heterocycles. The Kier molecular flexibility index (Phi) is 3.29. The minimum absolute atomic E-state index is 0.284. The first-order chi connectivity index (χ1) is 9.25. The van der Waals surface area contributed by atoms with Crippen molar-refractivity contribution in [1.82, 2.24) is 5.32 Å². The van der Waals surface area contributed by atoms with E-state index in [2.05, 4.69) is 54.7 Å². The highest BCUT2D eigenvalue weighted by molar-refractivity contribution is 5.86. The molecule has 0 aromatic heterocycles. The fourth-order valence-corrected chi connectivity index (χ4v) is 3.37. The second kappa shape index (κ2) is 4.95. The van der Waals surface area contributed by atoms with E-state index in [1.54, 1.807) is 0 Å². The Morgan fingerprint density at radius 1 is 1.21 bits per heavy atom. The van der Waals surface area contributed by atoms with E-state index in [-0.39, 0.29) is 5.92 Å². The first-order valence-corrected chi connectivity index (χ1v) is 7.17. The Morgan fingerprint density at radius 2 is 2.00 bits per heavy atom. The van der Waals surface area contributed by atoms with Crippen LogP contribution in [0.1, 0.15) is 25.3 Å². The van der Waals surface area contributed by atoms with Gasteiger partial charge in [-0.1, -0.05) is 49.4 Å². The zero-order valence-electron chi connectivity index (χ0n) is 11.4. The van der Waals surface area contributed by atoms with E-state index in [9.17, 15) is 5.11 Å². The van der Waals surface area contributed by atoms with E-state index in [1.807, 2.05) is 0 Å². The molecule has 2 aromatic carbocycles. The molecule has 2 nitrogen and oxygen atoms in total. The van der Waals surface area contributed by atoms with Crippen molar-refractivity contribution in [2.24, 2.45) is 5.92 Å². The maximum Gasteiger partial charge on any atom is 0.0954 e. The van der Waals surface area contributed by atoms with Crippen LogP contribution in [0.2, 0.25) is 0 Å². The van der Waals surface area contributed by atoms with Crippen LogP contribution < -0.4 is 5.32 Å². The van der Waals surface area contributed by atoms with Crippen LogP contribution in [-0.4, -0.2) is 18.2 Å². The van der Waals surface area contributed by atoms with Gasteiger partial charge in [-0.3, -0.25) is 0 Å². The number of hydrogen-bond acceptors (Lipinski definition) is 2. The van der Waals surface area contributed by atoms with Crippen LogP contribution in [0.5, 0.6) is 0 Å². The van der Waals surface area contributed by atoms with E-state index >= 15 is 0 Å². The summed E-state index contributed by atoms with van der Waals surface area (Å²) >= 11 is 0. The van der Waals surface area contributed by atoms with Crippen LogP contribution in [0.25, 0.3) is 10.8 Å². The fourth-order valence-electron chi connectivity index (χ4n) is 3.37. The van der Waals surface area contributed by atoms with Crippen LogP contribution in [-0.2, 0) is 5.60 Å². The van der Waals surface area contributed by atoms with Crippen LogP contribution >= 0.6 is 0 Å². The van der Waals surface area contributed by atoms with Gasteiger partial charge in [-0.15, -0.1) is 0 Å². The summed E-state index contributed by atoms with van der Waals surface area (Å²) in [7, 11) is 0. The van der Waals surface area contributed by atoms with Crippen LogP contribution in [0, 0.1) is 5.92 Å². The Morgan fingerprint density at radius 3 is 2.84 bits per heavy atom. The largest absolute Gasteiger partial charge is 0.385 e. The summed E-state index contributed by atoms with van der Waals surface area (Å²) in [5.41, 5.74) is 0.403. The highest BCUT2D eigenvalue weighted by atomic mass is 16.3. The Balaban J connectivity index is 2.16. The maximum atomic E-state index is 11.3. The third kappa shape index (κ3) is 2.05. The molecule has 2 unspecified atom stereocenters. The lowest BCUT2D eigenvalue weighted by atomic mass is 9.74. The number of fused-ring (bicyclic) bond motifs is 1. The number of rotatable bonds is 2. The number of benzene rings is 2. The number of hydrogen-bond donors (Lipinski definition) is 2. The van der Waals surface area contributed by atoms with Crippen LogP contribution in [0.3, 0.4) is 0 Å². The van der Waals surface area contributed by atoms with Gasteiger partial charge in [0.2, 0.25) is 0 Å². The topological polar surface area (TPSA) is 32.3 Å². The molecule has 0 saturated carbocycles. The normalized spacial score (nSPS) is 27.6. The third-order valence-corrected chi connectivity index (χ3v) is 4.50. The smallest absolute Gasteiger partial charge is 0.0954 e. The highest BCUT2D eigenvalue weighted by Crippen LogP contribution is 2.40. The minimum Gasteiger partial charge on any atom is -0.385 e. The molecule has 19 heavy (non-hydrogen) atoms. The maximum absolute atomic E-state index is 11.3. The van der Waals surface area contributed by atoms with Crippen molar-refractivity contribution in [3.05, 3.63) is 48.0 Å². The molecule has 100 valence electrons. The summed E-state index contributed by atoms with van der Waals surface area (Å²) in [4.78, 5) is 0. The lowest BCUT2D eigenvalue weighted by molar-refractivity contribution is -0.0465. The predicted molar refractivity (Wildman–Crippen MR) is 79.1 cm³/mol. The Labute approximate surface area is 114 Å². The summed E-state index contributed by atoms with van der Waals surface area (Å²) in [6.45, 7) is 3.94. The molecule has 0 bridgehead atoms. The monoisotopic (exact) mass is 255 g/mol. The molecule has 3 rings (SSSR count). The quantitative estimate of drug-likeness (QED) is 0.864. The third-order valence-electron chi connectivity index (χ3n) is 4.50. The number of aliphatic hydroxyl groups is 1. The van der Waals surface area contributed by atoms with Crippen molar-refractivity contribution >= 4 is 10.8 Å². The molecular formula is C17H21NO. The lowest BCUT2D eigenvalue weighted by Crippen LogP contribution is -2.48. The van der Waals surface area contributed by atoms with Gasteiger partial charge in [0, 0.05) is 12.5 Å². The molecule has 2 heteroatoms.